The molecule has 0 aromatic heterocycles. The highest BCUT2D eigenvalue weighted by Gasteiger charge is 2.40. The Balaban J connectivity index is 1.98. The van der Waals surface area contributed by atoms with Gasteiger partial charge >= 0.3 is 5.97 Å². The lowest BCUT2D eigenvalue weighted by atomic mass is 9.94. The summed E-state index contributed by atoms with van der Waals surface area (Å²) in [5.74, 6) is -0.127. The standard InChI is InChI=1S/C14H18BrNO2/c1-2-14(8-5-9-16-14)13(17)18-10-11-6-3-4-7-12(11)15/h3-4,6-7,16H,2,5,8-10H2,1H3. The van der Waals surface area contributed by atoms with Crippen LogP contribution in [0.1, 0.15) is 31.7 Å². The van der Waals surface area contributed by atoms with Crippen LogP contribution in [0.15, 0.2) is 28.7 Å². The molecule has 1 N–H and O–H groups in total. The molecule has 0 bridgehead atoms. The van der Waals surface area contributed by atoms with Gasteiger partial charge in [0.2, 0.25) is 0 Å². The molecule has 1 aromatic rings. The SMILES string of the molecule is CCC1(C(=O)OCc2ccccc2Br)CCCN1. The number of carbonyl (C=O) groups excluding carboxylic acids is 1. The maximum Gasteiger partial charge on any atom is 0.326 e. The predicted octanol–water partition coefficient (Wildman–Crippen LogP) is 3.02. The Morgan fingerprint density at radius 3 is 2.89 bits per heavy atom. The molecule has 98 valence electrons. The minimum absolute atomic E-state index is 0.127. The van der Waals surface area contributed by atoms with Gasteiger partial charge in [-0.25, -0.2) is 0 Å². The molecule has 0 radical (unpaired) electrons. The molecule has 0 spiro atoms. The zero-order chi connectivity index (χ0) is 13.0. The van der Waals surface area contributed by atoms with Crippen LogP contribution in [0.25, 0.3) is 0 Å². The Morgan fingerprint density at radius 1 is 1.50 bits per heavy atom. The van der Waals surface area contributed by atoms with Crippen LogP contribution >= 0.6 is 15.9 Å². The summed E-state index contributed by atoms with van der Waals surface area (Å²) in [5, 5.41) is 3.28. The molecule has 1 aliphatic rings. The first-order valence-electron chi connectivity index (χ1n) is 6.33. The fourth-order valence-corrected chi connectivity index (χ4v) is 2.72. The molecule has 1 aromatic carbocycles. The van der Waals surface area contributed by atoms with Crippen molar-refractivity contribution in [3.8, 4) is 0 Å². The number of hydrogen-bond donors (Lipinski definition) is 1. The molecule has 1 unspecified atom stereocenters. The Kier molecular flexibility index (Phi) is 4.40. The second kappa shape index (κ2) is 5.85. The number of benzene rings is 1. The first kappa shape index (κ1) is 13.6. The fraction of sp³-hybridized carbons (Fsp3) is 0.500. The summed E-state index contributed by atoms with van der Waals surface area (Å²) in [6.45, 7) is 3.25. The average Bonchev–Trinajstić information content (AvgIpc) is 2.87. The highest BCUT2D eigenvalue weighted by Crippen LogP contribution is 2.25. The van der Waals surface area contributed by atoms with Crippen LogP contribution in [0.2, 0.25) is 0 Å². The first-order valence-corrected chi connectivity index (χ1v) is 7.13. The Hall–Kier alpha value is -0.870. The number of hydrogen-bond acceptors (Lipinski definition) is 3. The van der Waals surface area contributed by atoms with Crippen LogP contribution in [0.5, 0.6) is 0 Å². The topological polar surface area (TPSA) is 38.3 Å². The van der Waals surface area contributed by atoms with Gasteiger partial charge < -0.3 is 10.1 Å². The van der Waals surface area contributed by atoms with E-state index in [0.717, 1.165) is 35.8 Å². The summed E-state index contributed by atoms with van der Waals surface area (Å²) < 4.78 is 6.43. The summed E-state index contributed by atoms with van der Waals surface area (Å²) in [7, 11) is 0. The van der Waals surface area contributed by atoms with E-state index < -0.39 is 5.54 Å². The molecule has 0 amide bonds. The third-order valence-electron chi connectivity index (χ3n) is 3.55. The molecule has 1 heterocycles. The first-order chi connectivity index (χ1) is 8.68. The van der Waals surface area contributed by atoms with E-state index >= 15 is 0 Å². The predicted molar refractivity (Wildman–Crippen MR) is 74.2 cm³/mol. The van der Waals surface area contributed by atoms with Gasteiger partial charge in [-0.2, -0.15) is 0 Å². The van der Waals surface area contributed by atoms with E-state index in [1.54, 1.807) is 0 Å². The van der Waals surface area contributed by atoms with Crippen LogP contribution in [0.4, 0.5) is 0 Å². The zero-order valence-corrected chi connectivity index (χ0v) is 12.1. The molecule has 1 aliphatic heterocycles. The number of carbonyl (C=O) groups is 1. The highest BCUT2D eigenvalue weighted by atomic mass is 79.9. The molecule has 1 atom stereocenters. The van der Waals surface area contributed by atoms with Gasteiger partial charge in [-0.3, -0.25) is 4.79 Å². The van der Waals surface area contributed by atoms with Gasteiger partial charge in [0.05, 0.1) is 0 Å². The van der Waals surface area contributed by atoms with Gasteiger partial charge in [0, 0.05) is 10.0 Å². The third kappa shape index (κ3) is 2.75. The smallest absolute Gasteiger partial charge is 0.326 e. The van der Waals surface area contributed by atoms with Crippen LogP contribution < -0.4 is 5.32 Å². The molecule has 18 heavy (non-hydrogen) atoms. The molecule has 0 aliphatic carbocycles. The van der Waals surface area contributed by atoms with Crippen molar-refractivity contribution in [3.63, 3.8) is 0 Å². The van der Waals surface area contributed by atoms with Crippen LogP contribution in [0.3, 0.4) is 0 Å². The van der Waals surface area contributed by atoms with Gasteiger partial charge in [0.25, 0.3) is 0 Å². The maximum absolute atomic E-state index is 12.2. The summed E-state index contributed by atoms with van der Waals surface area (Å²) in [6.07, 6.45) is 2.69. The molecular weight excluding hydrogens is 294 g/mol. The summed E-state index contributed by atoms with van der Waals surface area (Å²) in [4.78, 5) is 12.2. The molecule has 3 nitrogen and oxygen atoms in total. The van der Waals surface area contributed by atoms with E-state index in [2.05, 4.69) is 21.2 Å². The lowest BCUT2D eigenvalue weighted by Gasteiger charge is -2.25. The second-order valence-corrected chi connectivity index (χ2v) is 5.49. The Morgan fingerprint density at radius 2 is 2.28 bits per heavy atom. The minimum Gasteiger partial charge on any atom is -0.459 e. The van der Waals surface area contributed by atoms with Gasteiger partial charge in [-0.05, 0) is 31.9 Å². The summed E-state index contributed by atoms with van der Waals surface area (Å²) in [5.41, 5.74) is 0.538. The average molecular weight is 312 g/mol. The van der Waals surface area contributed by atoms with Crippen molar-refractivity contribution in [2.75, 3.05) is 6.54 Å². The molecule has 0 saturated carbocycles. The van der Waals surface area contributed by atoms with E-state index in [0.29, 0.717) is 6.61 Å². The highest BCUT2D eigenvalue weighted by molar-refractivity contribution is 9.10. The zero-order valence-electron chi connectivity index (χ0n) is 10.5. The number of rotatable bonds is 4. The van der Waals surface area contributed by atoms with Crippen molar-refractivity contribution in [3.05, 3.63) is 34.3 Å². The van der Waals surface area contributed by atoms with Gasteiger partial charge in [-0.15, -0.1) is 0 Å². The lowest BCUT2D eigenvalue weighted by molar-refractivity contribution is -0.152. The second-order valence-electron chi connectivity index (χ2n) is 4.63. The van der Waals surface area contributed by atoms with E-state index in [9.17, 15) is 4.79 Å². The van der Waals surface area contributed by atoms with E-state index in [1.807, 2.05) is 31.2 Å². The quantitative estimate of drug-likeness (QED) is 0.869. The largest absolute Gasteiger partial charge is 0.459 e. The number of esters is 1. The van der Waals surface area contributed by atoms with Gasteiger partial charge in [0.15, 0.2) is 0 Å². The summed E-state index contributed by atoms with van der Waals surface area (Å²) >= 11 is 3.45. The van der Waals surface area contributed by atoms with Crippen molar-refractivity contribution in [1.29, 1.82) is 0 Å². The molecule has 1 saturated heterocycles. The Labute approximate surface area is 116 Å². The summed E-state index contributed by atoms with van der Waals surface area (Å²) in [6, 6.07) is 7.80. The van der Waals surface area contributed by atoms with Gasteiger partial charge in [0.1, 0.15) is 12.1 Å². The lowest BCUT2D eigenvalue weighted by Crippen LogP contribution is -2.48. The van der Waals surface area contributed by atoms with Crippen LogP contribution in [-0.4, -0.2) is 18.1 Å². The molecule has 4 heteroatoms. The Bertz CT molecular complexity index is 428. The normalized spacial score (nSPS) is 23.0. The fourth-order valence-electron chi connectivity index (χ4n) is 2.32. The van der Waals surface area contributed by atoms with E-state index in [-0.39, 0.29) is 5.97 Å². The molecule has 1 fully saturated rings. The van der Waals surface area contributed by atoms with Crippen molar-refractivity contribution < 1.29 is 9.53 Å². The van der Waals surface area contributed by atoms with E-state index in [1.165, 1.54) is 0 Å². The van der Waals surface area contributed by atoms with Crippen LogP contribution in [0, 0.1) is 0 Å². The number of ether oxygens (including phenoxy) is 1. The minimum atomic E-state index is -0.457. The van der Waals surface area contributed by atoms with Crippen molar-refractivity contribution in [1.82, 2.24) is 5.32 Å². The van der Waals surface area contributed by atoms with Crippen molar-refractivity contribution >= 4 is 21.9 Å². The molecular formula is C14H18BrNO2. The van der Waals surface area contributed by atoms with Crippen molar-refractivity contribution in [2.24, 2.45) is 0 Å². The monoisotopic (exact) mass is 311 g/mol. The number of nitrogens with one attached hydrogen (secondary N) is 1. The number of halogens is 1. The van der Waals surface area contributed by atoms with Gasteiger partial charge in [-0.1, -0.05) is 41.1 Å². The third-order valence-corrected chi connectivity index (χ3v) is 4.33. The van der Waals surface area contributed by atoms with E-state index in [4.69, 9.17) is 4.74 Å². The van der Waals surface area contributed by atoms with Crippen molar-refractivity contribution in [2.45, 2.75) is 38.3 Å². The van der Waals surface area contributed by atoms with Crippen LogP contribution in [-0.2, 0) is 16.1 Å². The molecule has 2 rings (SSSR count). The maximum atomic E-state index is 12.2.